The molecule has 0 N–H and O–H groups in total. The molecule has 0 bridgehead atoms. The van der Waals surface area contributed by atoms with Crippen molar-refractivity contribution in [2.24, 2.45) is 4.99 Å². The van der Waals surface area contributed by atoms with Gasteiger partial charge in [-0.3, -0.25) is 19.5 Å². The van der Waals surface area contributed by atoms with Crippen LogP contribution in [0.15, 0.2) is 86.1 Å². The molecular formula is C30H27N3O7S. The summed E-state index contributed by atoms with van der Waals surface area (Å²) in [5.74, 6) is 0.922. The number of nitro benzene ring substituents is 1. The van der Waals surface area contributed by atoms with Gasteiger partial charge in [0.2, 0.25) is 0 Å². The van der Waals surface area contributed by atoms with E-state index < -0.39 is 16.9 Å². The normalized spacial score (nSPS) is 15.0. The van der Waals surface area contributed by atoms with E-state index in [0.29, 0.717) is 43.4 Å². The number of ether oxygens (including phenoxy) is 2. The van der Waals surface area contributed by atoms with Crippen LogP contribution in [0.3, 0.4) is 0 Å². The van der Waals surface area contributed by atoms with Gasteiger partial charge in [-0.25, -0.2) is 9.79 Å². The Bertz CT molecular complexity index is 1850. The molecule has 11 heteroatoms. The highest BCUT2D eigenvalue weighted by atomic mass is 32.1. The van der Waals surface area contributed by atoms with E-state index in [-0.39, 0.29) is 29.5 Å². The van der Waals surface area contributed by atoms with Crippen LogP contribution in [0.25, 0.3) is 17.4 Å². The summed E-state index contributed by atoms with van der Waals surface area (Å²) < 4.78 is 19.2. The van der Waals surface area contributed by atoms with Crippen LogP contribution in [-0.4, -0.2) is 28.2 Å². The largest absolute Gasteiger partial charge is 0.491 e. The maximum Gasteiger partial charge on any atom is 0.338 e. The topological polar surface area (TPSA) is 126 Å². The number of allylic oxidation sites excluding steroid dienone is 1. The minimum atomic E-state index is -0.810. The molecule has 2 aromatic carbocycles. The van der Waals surface area contributed by atoms with Crippen LogP contribution in [0, 0.1) is 10.1 Å². The first-order chi connectivity index (χ1) is 19.7. The highest BCUT2D eigenvalue weighted by Crippen LogP contribution is 2.36. The standard InChI is InChI=1S/C30H27N3O7S/c1-5-38-29(35)26-18(4)31-30-32(27(26)22-8-6-7-9-24(22)39-17(2)3)28(34)25(41-30)16-21-14-15-23(40-21)19-10-12-20(13-11-19)33(36)37/h6-17,27H,5H2,1-4H3/b25-16-/t27-/m1/s1. The lowest BCUT2D eigenvalue weighted by atomic mass is 9.95. The van der Waals surface area contributed by atoms with Crippen molar-refractivity contribution < 1.29 is 23.6 Å². The molecule has 3 heterocycles. The van der Waals surface area contributed by atoms with Gasteiger partial charge in [-0.1, -0.05) is 29.5 Å². The number of nitro groups is 1. The third-order valence-corrected chi connectivity index (χ3v) is 7.34. The van der Waals surface area contributed by atoms with E-state index in [2.05, 4.69) is 4.99 Å². The maximum atomic E-state index is 13.9. The Morgan fingerprint density at radius 3 is 2.59 bits per heavy atom. The average Bonchev–Trinajstić information content (AvgIpc) is 3.52. The number of aromatic nitrogens is 1. The van der Waals surface area contributed by atoms with Gasteiger partial charge in [0.1, 0.15) is 23.3 Å². The van der Waals surface area contributed by atoms with Crippen molar-refractivity contribution in [1.29, 1.82) is 0 Å². The smallest absolute Gasteiger partial charge is 0.338 e. The fourth-order valence-corrected chi connectivity index (χ4v) is 5.64. The predicted molar refractivity (Wildman–Crippen MR) is 153 cm³/mol. The third kappa shape index (κ3) is 5.48. The van der Waals surface area contributed by atoms with E-state index in [1.165, 1.54) is 28.0 Å². The summed E-state index contributed by atoms with van der Waals surface area (Å²) in [6.45, 7) is 7.44. The van der Waals surface area contributed by atoms with Gasteiger partial charge in [-0.05, 0) is 58.0 Å². The molecule has 0 fully saturated rings. The molecule has 0 spiro atoms. The molecule has 4 aromatic rings. The molecule has 41 heavy (non-hydrogen) atoms. The summed E-state index contributed by atoms with van der Waals surface area (Å²) in [5, 5.41) is 11.0. The van der Waals surface area contributed by atoms with Crippen molar-refractivity contribution >= 4 is 29.1 Å². The van der Waals surface area contributed by atoms with E-state index in [1.807, 2.05) is 38.1 Å². The zero-order valence-corrected chi connectivity index (χ0v) is 23.6. The first-order valence-corrected chi connectivity index (χ1v) is 13.8. The molecule has 0 radical (unpaired) electrons. The number of hydrogen-bond acceptors (Lipinski definition) is 9. The van der Waals surface area contributed by atoms with Gasteiger partial charge in [0.15, 0.2) is 4.80 Å². The molecule has 0 amide bonds. The summed E-state index contributed by atoms with van der Waals surface area (Å²) in [4.78, 5) is 42.6. The number of hydrogen-bond donors (Lipinski definition) is 0. The van der Waals surface area contributed by atoms with Gasteiger partial charge in [0.05, 0.1) is 33.4 Å². The van der Waals surface area contributed by atoms with E-state index in [0.717, 1.165) is 0 Å². The second kappa shape index (κ2) is 11.4. The van der Waals surface area contributed by atoms with Gasteiger partial charge in [-0.15, -0.1) is 0 Å². The molecule has 0 aliphatic carbocycles. The number of carbonyl (C=O) groups excluding carboxylic acids is 1. The summed E-state index contributed by atoms with van der Waals surface area (Å²) >= 11 is 1.18. The molecule has 1 atom stereocenters. The number of rotatable bonds is 8. The quantitative estimate of drug-likeness (QED) is 0.169. The zero-order valence-electron chi connectivity index (χ0n) is 22.8. The molecule has 1 aliphatic heterocycles. The van der Waals surface area contributed by atoms with Crippen molar-refractivity contribution in [3.63, 3.8) is 0 Å². The molecule has 0 saturated carbocycles. The van der Waals surface area contributed by atoms with Crippen molar-refractivity contribution in [3.05, 3.63) is 113 Å². The van der Waals surface area contributed by atoms with Gasteiger partial charge in [-0.2, -0.15) is 0 Å². The molecule has 5 rings (SSSR count). The van der Waals surface area contributed by atoms with Gasteiger partial charge in [0.25, 0.3) is 11.2 Å². The summed E-state index contributed by atoms with van der Waals surface area (Å²) in [6.07, 6.45) is 1.49. The number of fused-ring (bicyclic) bond motifs is 1. The molecule has 1 aliphatic rings. The van der Waals surface area contributed by atoms with Crippen molar-refractivity contribution in [3.8, 4) is 17.1 Å². The summed E-state index contributed by atoms with van der Waals surface area (Å²) in [7, 11) is 0. The number of thiazole rings is 1. The van der Waals surface area contributed by atoms with E-state index in [4.69, 9.17) is 13.9 Å². The Morgan fingerprint density at radius 1 is 1.17 bits per heavy atom. The number of benzene rings is 2. The van der Waals surface area contributed by atoms with Crippen LogP contribution < -0.4 is 19.6 Å². The van der Waals surface area contributed by atoms with Crippen LogP contribution in [0.2, 0.25) is 0 Å². The Balaban J connectivity index is 1.63. The van der Waals surface area contributed by atoms with Crippen LogP contribution in [0.4, 0.5) is 5.69 Å². The van der Waals surface area contributed by atoms with E-state index in [9.17, 15) is 19.7 Å². The zero-order chi connectivity index (χ0) is 29.3. The Morgan fingerprint density at radius 2 is 1.90 bits per heavy atom. The minimum Gasteiger partial charge on any atom is -0.491 e. The number of esters is 1. The van der Waals surface area contributed by atoms with Crippen LogP contribution in [-0.2, 0) is 9.53 Å². The number of nitrogens with zero attached hydrogens (tertiary/aromatic N) is 3. The molecule has 0 unspecified atom stereocenters. The van der Waals surface area contributed by atoms with Crippen LogP contribution in [0.1, 0.15) is 45.1 Å². The van der Waals surface area contributed by atoms with E-state index >= 15 is 0 Å². The Labute approximate surface area is 238 Å². The lowest BCUT2D eigenvalue weighted by Crippen LogP contribution is -2.40. The minimum absolute atomic E-state index is 0.0194. The average molecular weight is 574 g/mol. The summed E-state index contributed by atoms with van der Waals surface area (Å²) in [5.41, 5.74) is 1.66. The number of furan rings is 1. The highest BCUT2D eigenvalue weighted by molar-refractivity contribution is 7.07. The van der Waals surface area contributed by atoms with Crippen LogP contribution >= 0.6 is 11.3 Å². The number of para-hydroxylation sites is 1. The molecule has 210 valence electrons. The highest BCUT2D eigenvalue weighted by Gasteiger charge is 2.35. The lowest BCUT2D eigenvalue weighted by molar-refractivity contribution is -0.384. The maximum absolute atomic E-state index is 13.9. The first-order valence-electron chi connectivity index (χ1n) is 13.0. The Kier molecular flexibility index (Phi) is 7.71. The van der Waals surface area contributed by atoms with Crippen molar-refractivity contribution in [2.45, 2.75) is 39.8 Å². The number of non-ortho nitro benzene ring substituents is 1. The predicted octanol–water partition coefficient (Wildman–Crippen LogP) is 4.75. The fraction of sp³-hybridized carbons (Fsp3) is 0.233. The second-order valence-electron chi connectivity index (χ2n) is 9.51. The Hall–Kier alpha value is -4.77. The fourth-order valence-electron chi connectivity index (χ4n) is 4.62. The first kappa shape index (κ1) is 27.8. The van der Waals surface area contributed by atoms with Crippen LogP contribution in [0.5, 0.6) is 5.75 Å². The number of carbonyl (C=O) groups is 1. The summed E-state index contributed by atoms with van der Waals surface area (Å²) in [6, 6.07) is 16.0. The monoisotopic (exact) mass is 573 g/mol. The molecule has 10 nitrogen and oxygen atoms in total. The van der Waals surface area contributed by atoms with Gasteiger partial charge < -0.3 is 13.9 Å². The molecular weight excluding hydrogens is 546 g/mol. The third-order valence-electron chi connectivity index (χ3n) is 6.36. The lowest BCUT2D eigenvalue weighted by Gasteiger charge is -2.26. The SMILES string of the molecule is CCOC(=O)C1=C(C)N=c2s/c(=C\c3ccc(-c4ccc([N+](=O)[O-])cc4)o3)c(=O)n2[C@@H]1c1ccccc1OC(C)C. The van der Waals surface area contributed by atoms with Crippen molar-refractivity contribution in [1.82, 2.24) is 4.57 Å². The van der Waals surface area contributed by atoms with Crippen molar-refractivity contribution in [2.75, 3.05) is 6.61 Å². The molecule has 2 aromatic heterocycles. The molecule has 0 saturated heterocycles. The van der Waals surface area contributed by atoms with Gasteiger partial charge >= 0.3 is 5.97 Å². The van der Waals surface area contributed by atoms with Gasteiger partial charge in [0, 0.05) is 29.3 Å². The second-order valence-corrected chi connectivity index (χ2v) is 10.5. The van der Waals surface area contributed by atoms with E-state index in [1.54, 1.807) is 44.2 Å².